The standard InChI is InChI=1S/C42H54INO9/c1-48-35-20-18-28(24-36(35)49-2)17-19-34(30-14-10-15-32(45)25-30)53-42(47)33-16-8-9-22-44(33)41(46)39(29-12-6-5-7-13-29)31-26-37(50-3)40(38(27-31)51-4)52-23-11-21-43/h10,14-15,18,20,24-27,29,33-34,39,45H,5-9,11-13,16-17,19,21-23H2,1-4H3/t33-,34+,39+/m1/s1. The van der Waals surface area contributed by atoms with E-state index in [1.165, 1.54) is 0 Å². The van der Waals surface area contributed by atoms with Gasteiger partial charge in [0.05, 0.1) is 41.0 Å². The summed E-state index contributed by atoms with van der Waals surface area (Å²) in [7, 11) is 6.40. The molecule has 1 aliphatic heterocycles. The first-order valence-electron chi connectivity index (χ1n) is 18.8. The molecule has 1 aliphatic carbocycles. The number of alkyl halides is 1. The second-order valence-corrected chi connectivity index (χ2v) is 14.9. The Morgan fingerprint density at radius 2 is 1.51 bits per heavy atom. The number of halogens is 1. The van der Waals surface area contributed by atoms with Gasteiger partial charge in [0.2, 0.25) is 11.7 Å². The van der Waals surface area contributed by atoms with E-state index in [1.54, 1.807) is 51.5 Å². The Kier molecular flexibility index (Phi) is 15.2. The fourth-order valence-electron chi connectivity index (χ4n) is 7.73. The van der Waals surface area contributed by atoms with Gasteiger partial charge in [-0.1, -0.05) is 60.1 Å². The predicted molar refractivity (Wildman–Crippen MR) is 212 cm³/mol. The topological polar surface area (TPSA) is 113 Å². The van der Waals surface area contributed by atoms with E-state index in [0.29, 0.717) is 66.7 Å². The van der Waals surface area contributed by atoms with E-state index in [4.69, 9.17) is 28.4 Å². The predicted octanol–water partition coefficient (Wildman–Crippen LogP) is 8.59. The van der Waals surface area contributed by atoms with E-state index < -0.39 is 24.0 Å². The highest BCUT2D eigenvalue weighted by Gasteiger charge is 2.41. The minimum atomic E-state index is -0.733. The van der Waals surface area contributed by atoms with Crippen molar-refractivity contribution in [1.29, 1.82) is 0 Å². The smallest absolute Gasteiger partial charge is 0.329 e. The molecule has 0 radical (unpaired) electrons. The number of likely N-dealkylation sites (tertiary alicyclic amines) is 1. The SMILES string of the molecule is COc1ccc(CC[C@H](OC(=O)[C@H]2CCCCN2C(=O)[C@H](c2cc(OC)c(OCCCI)c(OC)c2)C2CCCCC2)c2cccc(O)c2)cc1OC. The molecule has 0 aromatic heterocycles. The minimum absolute atomic E-state index is 0.0690. The van der Waals surface area contributed by atoms with E-state index in [0.717, 1.165) is 66.9 Å². The van der Waals surface area contributed by atoms with Gasteiger partial charge >= 0.3 is 5.97 Å². The molecule has 1 saturated carbocycles. The van der Waals surface area contributed by atoms with Crippen LogP contribution in [0.3, 0.4) is 0 Å². The maximum atomic E-state index is 15.0. The maximum absolute atomic E-state index is 15.0. The number of carbonyl (C=O) groups is 2. The number of methoxy groups -OCH3 is 4. The van der Waals surface area contributed by atoms with Gasteiger partial charge in [0.1, 0.15) is 17.9 Å². The normalized spacial score (nSPS) is 17.4. The lowest BCUT2D eigenvalue weighted by Crippen LogP contribution is -2.51. The third-order valence-electron chi connectivity index (χ3n) is 10.5. The van der Waals surface area contributed by atoms with Crippen molar-refractivity contribution in [3.05, 3.63) is 71.3 Å². The first-order valence-corrected chi connectivity index (χ1v) is 20.3. The van der Waals surface area contributed by atoms with Crippen LogP contribution in [0, 0.1) is 5.92 Å². The number of hydrogen-bond acceptors (Lipinski definition) is 9. The summed E-state index contributed by atoms with van der Waals surface area (Å²) in [5.74, 6) is 2.05. The molecule has 0 bridgehead atoms. The number of phenols is 1. The van der Waals surface area contributed by atoms with Gasteiger partial charge in [-0.15, -0.1) is 0 Å². The third-order valence-corrected chi connectivity index (χ3v) is 11.2. The molecule has 53 heavy (non-hydrogen) atoms. The number of benzene rings is 3. The Hall–Kier alpha value is -3.87. The summed E-state index contributed by atoms with van der Waals surface area (Å²) in [6.45, 7) is 0.992. The summed E-state index contributed by atoms with van der Waals surface area (Å²) < 4.78 is 36.0. The van der Waals surface area contributed by atoms with Gasteiger partial charge in [-0.25, -0.2) is 4.79 Å². The highest BCUT2D eigenvalue weighted by molar-refractivity contribution is 14.1. The second-order valence-electron chi connectivity index (χ2n) is 13.8. The van der Waals surface area contributed by atoms with Gasteiger partial charge in [-0.2, -0.15) is 0 Å². The zero-order valence-electron chi connectivity index (χ0n) is 31.4. The second kappa shape index (κ2) is 20.0. The molecule has 0 spiro atoms. The van der Waals surface area contributed by atoms with Crippen LogP contribution in [0.1, 0.15) is 92.9 Å². The number of aromatic hydroxyl groups is 1. The zero-order valence-corrected chi connectivity index (χ0v) is 33.6. The molecule has 11 heteroatoms. The Bertz CT molecular complexity index is 1630. The molecule has 0 unspecified atom stereocenters. The van der Waals surface area contributed by atoms with Crippen LogP contribution in [0.2, 0.25) is 0 Å². The van der Waals surface area contributed by atoms with Crippen LogP contribution in [0.25, 0.3) is 0 Å². The van der Waals surface area contributed by atoms with Crippen LogP contribution < -0.4 is 23.7 Å². The van der Waals surface area contributed by atoms with Crippen molar-refractivity contribution in [2.75, 3.05) is 46.0 Å². The van der Waals surface area contributed by atoms with Crippen LogP contribution in [0.4, 0.5) is 0 Å². The van der Waals surface area contributed by atoms with Crippen molar-refractivity contribution in [3.63, 3.8) is 0 Å². The van der Waals surface area contributed by atoms with E-state index in [1.807, 2.05) is 36.4 Å². The Morgan fingerprint density at radius 1 is 0.811 bits per heavy atom. The minimum Gasteiger partial charge on any atom is -0.508 e. The molecule has 2 aliphatic rings. The van der Waals surface area contributed by atoms with E-state index in [-0.39, 0.29) is 17.6 Å². The quantitative estimate of drug-likeness (QED) is 0.0618. The van der Waals surface area contributed by atoms with Gasteiger partial charge in [0.15, 0.2) is 23.0 Å². The molecule has 3 aromatic carbocycles. The largest absolute Gasteiger partial charge is 0.508 e. The summed E-state index contributed by atoms with van der Waals surface area (Å²) in [6, 6.07) is 15.7. The average Bonchev–Trinajstić information content (AvgIpc) is 3.19. The molecular formula is C42H54INO9. The number of phenolic OH excluding ortho intramolecular Hbond substituents is 1. The molecular weight excluding hydrogens is 789 g/mol. The summed E-state index contributed by atoms with van der Waals surface area (Å²) in [5, 5.41) is 10.4. The third kappa shape index (κ3) is 10.2. The number of amides is 1. The van der Waals surface area contributed by atoms with Crippen molar-refractivity contribution in [2.24, 2.45) is 5.92 Å². The van der Waals surface area contributed by atoms with Crippen LogP contribution >= 0.6 is 22.6 Å². The summed E-state index contributed by atoms with van der Waals surface area (Å²) >= 11 is 2.32. The number of rotatable bonds is 17. The van der Waals surface area contributed by atoms with Gasteiger partial charge in [0.25, 0.3) is 0 Å². The van der Waals surface area contributed by atoms with Crippen LogP contribution in [0.15, 0.2) is 54.6 Å². The van der Waals surface area contributed by atoms with E-state index in [2.05, 4.69) is 22.6 Å². The first-order chi connectivity index (χ1) is 25.8. The number of piperidine rings is 1. The fraction of sp³-hybridized carbons (Fsp3) is 0.524. The molecule has 5 rings (SSSR count). The van der Waals surface area contributed by atoms with Crippen LogP contribution in [-0.2, 0) is 20.7 Å². The number of nitrogens with zero attached hydrogens (tertiary/aromatic N) is 1. The Morgan fingerprint density at radius 3 is 2.17 bits per heavy atom. The van der Waals surface area contributed by atoms with Crippen molar-refractivity contribution in [2.45, 2.75) is 88.7 Å². The zero-order chi connectivity index (χ0) is 37.7. The molecule has 10 nitrogen and oxygen atoms in total. The molecule has 2 fully saturated rings. The monoisotopic (exact) mass is 843 g/mol. The average molecular weight is 844 g/mol. The molecule has 1 heterocycles. The van der Waals surface area contributed by atoms with Gasteiger partial charge in [-0.05, 0) is 110 Å². The summed E-state index contributed by atoms with van der Waals surface area (Å²) in [5.41, 5.74) is 2.48. The van der Waals surface area contributed by atoms with Crippen molar-refractivity contribution in [3.8, 4) is 34.5 Å². The number of ether oxygens (including phenoxy) is 6. The maximum Gasteiger partial charge on any atom is 0.329 e. The van der Waals surface area contributed by atoms with Gasteiger partial charge in [0, 0.05) is 11.0 Å². The molecule has 3 atom stereocenters. The number of esters is 1. The summed E-state index contributed by atoms with van der Waals surface area (Å²) in [4.78, 5) is 31.1. The Balaban J connectivity index is 1.43. The van der Waals surface area contributed by atoms with Gasteiger partial charge < -0.3 is 38.4 Å². The van der Waals surface area contributed by atoms with E-state index in [9.17, 15) is 14.7 Å². The molecule has 3 aromatic rings. The number of hydrogen-bond donors (Lipinski definition) is 1. The van der Waals surface area contributed by atoms with Crippen LogP contribution in [0.5, 0.6) is 34.5 Å². The van der Waals surface area contributed by atoms with Crippen molar-refractivity contribution in [1.82, 2.24) is 4.90 Å². The highest BCUT2D eigenvalue weighted by atomic mass is 127. The lowest BCUT2D eigenvalue weighted by Gasteiger charge is -2.40. The number of aryl methyl sites for hydroxylation is 1. The van der Waals surface area contributed by atoms with Gasteiger partial charge in [-0.3, -0.25) is 4.79 Å². The number of carbonyl (C=O) groups excluding carboxylic acids is 2. The fourth-order valence-corrected chi connectivity index (χ4v) is 8.04. The highest BCUT2D eigenvalue weighted by Crippen LogP contribution is 2.45. The molecule has 1 N–H and O–H groups in total. The molecule has 1 saturated heterocycles. The van der Waals surface area contributed by atoms with Crippen LogP contribution in [-0.4, -0.2) is 73.9 Å². The van der Waals surface area contributed by atoms with E-state index >= 15 is 0 Å². The van der Waals surface area contributed by atoms with Crippen molar-refractivity contribution < 1.29 is 43.1 Å². The molecule has 288 valence electrons. The lowest BCUT2D eigenvalue weighted by molar-refractivity contribution is -0.163. The summed E-state index contributed by atoms with van der Waals surface area (Å²) in [6.07, 6.45) is 8.50. The Labute approximate surface area is 327 Å². The lowest BCUT2D eigenvalue weighted by atomic mass is 9.75. The first kappa shape index (κ1) is 40.3. The van der Waals surface area contributed by atoms with Crippen molar-refractivity contribution >= 4 is 34.5 Å². The molecule has 1 amide bonds.